The minimum absolute atomic E-state index is 0. The van der Waals surface area contributed by atoms with Crippen LogP contribution in [0.1, 0.15) is 24.8 Å². The van der Waals surface area contributed by atoms with Gasteiger partial charge in [0.2, 0.25) is 0 Å². The molecule has 0 bridgehead atoms. The van der Waals surface area contributed by atoms with E-state index in [0.29, 0.717) is 6.42 Å². The van der Waals surface area contributed by atoms with Gasteiger partial charge in [0.15, 0.2) is 0 Å². The highest BCUT2D eigenvalue weighted by molar-refractivity contribution is 5.85. The van der Waals surface area contributed by atoms with Gasteiger partial charge in [-0.1, -0.05) is 42.5 Å². The highest BCUT2D eigenvalue weighted by Crippen LogP contribution is 1.99. The Kier molecular flexibility index (Phi) is 10.3. The molecule has 0 fully saturated rings. The number of hydrogen-bond acceptors (Lipinski definition) is 2. The average molecular weight is 251 g/mol. The second kappa shape index (κ2) is 11.2. The molecular formula is C14H19ClN2. The summed E-state index contributed by atoms with van der Waals surface area (Å²) >= 11 is 0. The van der Waals surface area contributed by atoms with Crippen LogP contribution in [0.5, 0.6) is 0 Å². The van der Waals surface area contributed by atoms with E-state index < -0.39 is 0 Å². The Bertz CT molecular complexity index is 341. The van der Waals surface area contributed by atoms with Crippen LogP contribution >= 0.6 is 12.4 Å². The van der Waals surface area contributed by atoms with Crippen LogP contribution < -0.4 is 5.32 Å². The first-order chi connectivity index (χ1) is 7.93. The lowest BCUT2D eigenvalue weighted by Crippen LogP contribution is -2.14. The predicted octanol–water partition coefficient (Wildman–Crippen LogP) is 3.41. The van der Waals surface area contributed by atoms with Crippen molar-refractivity contribution in [2.75, 3.05) is 13.1 Å². The molecular weight excluding hydrogens is 232 g/mol. The third kappa shape index (κ3) is 8.50. The SMILES string of the molecule is Cl.N#CCCCCNC/C=C/c1ccccc1. The molecule has 0 aliphatic rings. The maximum atomic E-state index is 8.35. The molecule has 1 aromatic carbocycles. The topological polar surface area (TPSA) is 35.8 Å². The highest BCUT2D eigenvalue weighted by Gasteiger charge is 1.86. The lowest BCUT2D eigenvalue weighted by atomic mass is 10.2. The summed E-state index contributed by atoms with van der Waals surface area (Å²) in [5, 5.41) is 11.7. The number of hydrogen-bond donors (Lipinski definition) is 1. The minimum atomic E-state index is 0. The number of halogens is 1. The molecule has 0 saturated carbocycles. The van der Waals surface area contributed by atoms with E-state index in [2.05, 4.69) is 35.7 Å². The standard InChI is InChI=1S/C14H18N2.ClH/c15-11-5-2-6-12-16-13-7-10-14-8-3-1-4-9-14;/h1,3-4,7-10,16H,2,5-6,12-13H2;1H/b10-7+;. The van der Waals surface area contributed by atoms with Crippen molar-refractivity contribution in [2.24, 2.45) is 0 Å². The van der Waals surface area contributed by atoms with E-state index in [0.717, 1.165) is 25.9 Å². The van der Waals surface area contributed by atoms with Gasteiger partial charge in [-0.15, -0.1) is 12.4 Å². The van der Waals surface area contributed by atoms with Crippen LogP contribution in [0.4, 0.5) is 0 Å². The van der Waals surface area contributed by atoms with E-state index >= 15 is 0 Å². The van der Waals surface area contributed by atoms with Gasteiger partial charge in [0, 0.05) is 13.0 Å². The van der Waals surface area contributed by atoms with Crippen molar-refractivity contribution in [3.63, 3.8) is 0 Å². The number of nitrogens with zero attached hydrogens (tertiary/aromatic N) is 1. The fourth-order valence-corrected chi connectivity index (χ4v) is 1.40. The number of rotatable bonds is 7. The highest BCUT2D eigenvalue weighted by atomic mass is 35.5. The van der Waals surface area contributed by atoms with Crippen molar-refractivity contribution >= 4 is 18.5 Å². The zero-order valence-corrected chi connectivity index (χ0v) is 10.7. The molecule has 1 rings (SSSR count). The summed E-state index contributed by atoms with van der Waals surface area (Å²) in [4.78, 5) is 0. The average Bonchev–Trinajstić information content (AvgIpc) is 2.34. The summed E-state index contributed by atoms with van der Waals surface area (Å²) < 4.78 is 0. The van der Waals surface area contributed by atoms with Gasteiger partial charge in [-0.2, -0.15) is 5.26 Å². The quantitative estimate of drug-likeness (QED) is 0.753. The smallest absolute Gasteiger partial charge is 0.0621 e. The van der Waals surface area contributed by atoms with Gasteiger partial charge in [-0.3, -0.25) is 0 Å². The Hall–Kier alpha value is -1.30. The molecule has 1 aromatic rings. The Morgan fingerprint density at radius 3 is 2.65 bits per heavy atom. The first kappa shape index (κ1) is 15.7. The van der Waals surface area contributed by atoms with Crippen molar-refractivity contribution < 1.29 is 0 Å². The number of nitrogens with one attached hydrogen (secondary N) is 1. The summed E-state index contributed by atoms with van der Waals surface area (Å²) in [6, 6.07) is 12.4. The molecule has 0 unspecified atom stereocenters. The molecule has 2 nitrogen and oxygen atoms in total. The van der Waals surface area contributed by atoms with E-state index in [-0.39, 0.29) is 12.4 Å². The van der Waals surface area contributed by atoms with Crippen molar-refractivity contribution in [1.82, 2.24) is 5.32 Å². The fraction of sp³-hybridized carbons (Fsp3) is 0.357. The summed E-state index contributed by atoms with van der Waals surface area (Å²) in [7, 11) is 0. The summed E-state index contributed by atoms with van der Waals surface area (Å²) in [5.41, 5.74) is 1.23. The number of benzene rings is 1. The van der Waals surface area contributed by atoms with Crippen molar-refractivity contribution in [3.8, 4) is 6.07 Å². The molecule has 0 atom stereocenters. The Morgan fingerprint density at radius 1 is 1.18 bits per heavy atom. The Morgan fingerprint density at radius 2 is 1.94 bits per heavy atom. The van der Waals surface area contributed by atoms with Crippen LogP contribution in [0.3, 0.4) is 0 Å². The maximum Gasteiger partial charge on any atom is 0.0621 e. The molecule has 0 spiro atoms. The van der Waals surface area contributed by atoms with E-state index in [1.165, 1.54) is 5.56 Å². The second-order valence-corrected chi connectivity index (χ2v) is 3.63. The Labute approximate surface area is 110 Å². The van der Waals surface area contributed by atoms with Crippen LogP contribution in [-0.4, -0.2) is 13.1 Å². The van der Waals surface area contributed by atoms with Gasteiger partial charge >= 0.3 is 0 Å². The summed E-state index contributed by atoms with van der Waals surface area (Å²) in [5.74, 6) is 0. The van der Waals surface area contributed by atoms with Gasteiger partial charge in [-0.25, -0.2) is 0 Å². The molecule has 0 aliphatic heterocycles. The fourth-order valence-electron chi connectivity index (χ4n) is 1.40. The molecule has 17 heavy (non-hydrogen) atoms. The normalized spacial score (nSPS) is 9.82. The second-order valence-electron chi connectivity index (χ2n) is 3.63. The van der Waals surface area contributed by atoms with Crippen molar-refractivity contribution in [1.29, 1.82) is 5.26 Å². The molecule has 0 aromatic heterocycles. The van der Waals surface area contributed by atoms with Crippen LogP contribution in [0.15, 0.2) is 36.4 Å². The van der Waals surface area contributed by atoms with Crippen LogP contribution in [0.2, 0.25) is 0 Å². The van der Waals surface area contributed by atoms with Gasteiger partial charge in [0.1, 0.15) is 0 Å². The summed E-state index contributed by atoms with van der Waals surface area (Å²) in [6.45, 7) is 1.88. The van der Waals surface area contributed by atoms with E-state index in [1.54, 1.807) is 0 Å². The maximum absolute atomic E-state index is 8.35. The summed E-state index contributed by atoms with van der Waals surface area (Å²) in [6.07, 6.45) is 6.97. The first-order valence-electron chi connectivity index (χ1n) is 5.73. The number of nitriles is 1. The lowest BCUT2D eigenvalue weighted by Gasteiger charge is -1.99. The molecule has 0 radical (unpaired) electrons. The van der Waals surface area contributed by atoms with E-state index in [1.807, 2.05) is 18.2 Å². The van der Waals surface area contributed by atoms with E-state index in [9.17, 15) is 0 Å². The molecule has 92 valence electrons. The van der Waals surface area contributed by atoms with Crippen LogP contribution in [0.25, 0.3) is 6.08 Å². The molecule has 1 N–H and O–H groups in total. The van der Waals surface area contributed by atoms with Gasteiger partial charge in [-0.05, 0) is 24.9 Å². The predicted molar refractivity (Wildman–Crippen MR) is 75.1 cm³/mol. The molecule has 3 heteroatoms. The third-order valence-electron chi connectivity index (χ3n) is 2.26. The number of unbranched alkanes of at least 4 members (excludes halogenated alkanes) is 2. The third-order valence-corrected chi connectivity index (χ3v) is 2.26. The Balaban J connectivity index is 0.00000256. The van der Waals surface area contributed by atoms with Crippen molar-refractivity contribution in [3.05, 3.63) is 42.0 Å². The molecule has 0 saturated heterocycles. The molecule has 0 amide bonds. The lowest BCUT2D eigenvalue weighted by molar-refractivity contribution is 0.664. The van der Waals surface area contributed by atoms with Gasteiger partial charge < -0.3 is 5.32 Å². The largest absolute Gasteiger partial charge is 0.313 e. The van der Waals surface area contributed by atoms with E-state index in [4.69, 9.17) is 5.26 Å². The molecule has 0 heterocycles. The van der Waals surface area contributed by atoms with Crippen molar-refractivity contribution in [2.45, 2.75) is 19.3 Å². The molecule has 0 aliphatic carbocycles. The zero-order valence-electron chi connectivity index (χ0n) is 9.93. The van der Waals surface area contributed by atoms with Gasteiger partial charge in [0.05, 0.1) is 6.07 Å². The van der Waals surface area contributed by atoms with Crippen LogP contribution in [0, 0.1) is 11.3 Å². The first-order valence-corrected chi connectivity index (χ1v) is 5.73. The monoisotopic (exact) mass is 250 g/mol. The van der Waals surface area contributed by atoms with Crippen LogP contribution in [-0.2, 0) is 0 Å². The van der Waals surface area contributed by atoms with Gasteiger partial charge in [0.25, 0.3) is 0 Å². The zero-order chi connectivity index (χ0) is 11.5. The minimum Gasteiger partial charge on any atom is -0.313 e.